The zero-order valence-corrected chi connectivity index (χ0v) is 13.3. The number of aromatic nitrogens is 1. The molecule has 0 amide bonds. The molecule has 0 aliphatic carbocycles. The van der Waals surface area contributed by atoms with Crippen molar-refractivity contribution >= 4 is 5.78 Å². The van der Waals surface area contributed by atoms with E-state index in [2.05, 4.69) is 0 Å². The first kappa shape index (κ1) is 17.2. The molecule has 24 heavy (non-hydrogen) atoms. The highest BCUT2D eigenvalue weighted by Gasteiger charge is 2.27. The van der Waals surface area contributed by atoms with Gasteiger partial charge in [-0.2, -0.15) is 5.26 Å². The van der Waals surface area contributed by atoms with Crippen LogP contribution in [0.1, 0.15) is 28.4 Å². The lowest BCUT2D eigenvalue weighted by Crippen LogP contribution is -2.29. The molecule has 1 aromatic heterocycles. The molecule has 0 spiro atoms. The Kier molecular flexibility index (Phi) is 4.69. The molecule has 1 N–H and O–H groups in total. The van der Waals surface area contributed by atoms with Crippen molar-refractivity contribution in [2.45, 2.75) is 20.0 Å². The zero-order chi connectivity index (χ0) is 18.0. The van der Waals surface area contributed by atoms with E-state index in [4.69, 9.17) is 10.00 Å². The van der Waals surface area contributed by atoms with Crippen molar-refractivity contribution in [3.63, 3.8) is 0 Å². The number of hydrogen-bond acceptors (Lipinski definition) is 5. The molecule has 1 atom stereocenters. The molecular weight excluding hydrogens is 315 g/mol. The number of aromatic hydroxyl groups is 1. The van der Waals surface area contributed by atoms with Crippen molar-refractivity contribution in [1.82, 2.24) is 4.57 Å². The molecule has 7 heteroatoms. The molecule has 0 aliphatic rings. The number of benzene rings is 1. The summed E-state index contributed by atoms with van der Waals surface area (Å²) in [5, 5.41) is 19.2. The Morgan fingerprint density at radius 3 is 2.50 bits per heavy atom. The van der Waals surface area contributed by atoms with Crippen molar-refractivity contribution in [2.24, 2.45) is 7.05 Å². The summed E-state index contributed by atoms with van der Waals surface area (Å²) < 4.78 is 19.2. The molecule has 0 saturated heterocycles. The first-order chi connectivity index (χ1) is 11.3. The van der Waals surface area contributed by atoms with E-state index >= 15 is 0 Å². The lowest BCUT2D eigenvalue weighted by atomic mass is 9.99. The van der Waals surface area contributed by atoms with Gasteiger partial charge in [-0.25, -0.2) is 4.39 Å². The van der Waals surface area contributed by atoms with Gasteiger partial charge in [0.15, 0.2) is 6.10 Å². The number of Topliss-reactive ketones (excluding diaryl/α,β-unsaturated/α-hetero) is 1. The number of pyridine rings is 1. The fraction of sp³-hybridized carbons (Fsp3) is 0.235. The molecular formula is C17H15FN2O4. The van der Waals surface area contributed by atoms with Gasteiger partial charge in [0.1, 0.15) is 23.2 Å². The number of ketones is 1. The van der Waals surface area contributed by atoms with Crippen molar-refractivity contribution in [1.29, 1.82) is 5.26 Å². The first-order valence-corrected chi connectivity index (χ1v) is 7.07. The zero-order valence-electron chi connectivity index (χ0n) is 13.3. The van der Waals surface area contributed by atoms with Crippen LogP contribution in [0.4, 0.5) is 4.39 Å². The van der Waals surface area contributed by atoms with Crippen LogP contribution in [0, 0.1) is 24.1 Å². The number of rotatable bonds is 4. The van der Waals surface area contributed by atoms with Gasteiger partial charge in [-0.1, -0.05) is 0 Å². The second-order valence-corrected chi connectivity index (χ2v) is 5.25. The molecule has 0 bridgehead atoms. The smallest absolute Gasteiger partial charge is 0.271 e. The average molecular weight is 330 g/mol. The minimum atomic E-state index is -1.01. The minimum absolute atomic E-state index is 0.0951. The van der Waals surface area contributed by atoms with Gasteiger partial charge in [-0.15, -0.1) is 0 Å². The van der Waals surface area contributed by atoms with Gasteiger partial charge in [0.25, 0.3) is 5.56 Å². The van der Waals surface area contributed by atoms with E-state index < -0.39 is 29.1 Å². The van der Waals surface area contributed by atoms with E-state index in [1.165, 1.54) is 45.2 Å². The molecule has 0 saturated carbocycles. The minimum Gasteiger partial charge on any atom is -0.494 e. The summed E-state index contributed by atoms with van der Waals surface area (Å²) >= 11 is 0. The van der Waals surface area contributed by atoms with Crippen LogP contribution in [-0.4, -0.2) is 21.6 Å². The van der Waals surface area contributed by atoms with Gasteiger partial charge in [0.05, 0.1) is 5.56 Å². The Morgan fingerprint density at radius 2 is 1.96 bits per heavy atom. The highest BCUT2D eigenvalue weighted by Crippen LogP contribution is 2.24. The standard InChI is InChI=1S/C17H15FN2O4/c1-9-13(8-19)16(22)20(3)17(23)14(9)15(21)10(2)24-12-6-4-11(18)5-7-12/h4-7,10,23H,1-3H3. The van der Waals surface area contributed by atoms with Crippen LogP contribution >= 0.6 is 0 Å². The van der Waals surface area contributed by atoms with Crippen LogP contribution in [0.25, 0.3) is 0 Å². The summed E-state index contributed by atoms with van der Waals surface area (Å²) in [5.41, 5.74) is -0.954. The SMILES string of the molecule is Cc1c(C(=O)C(C)Oc2ccc(F)cc2)c(O)n(C)c(=O)c1C#N. The van der Waals surface area contributed by atoms with Gasteiger partial charge in [0.2, 0.25) is 11.7 Å². The maximum atomic E-state index is 12.9. The Balaban J connectivity index is 2.42. The Hall–Kier alpha value is -3.14. The van der Waals surface area contributed by atoms with E-state index in [-0.39, 0.29) is 22.4 Å². The molecule has 124 valence electrons. The maximum absolute atomic E-state index is 12.9. The van der Waals surface area contributed by atoms with Crippen molar-refractivity contribution in [3.05, 3.63) is 57.1 Å². The van der Waals surface area contributed by atoms with Crippen LogP contribution in [0.15, 0.2) is 29.1 Å². The lowest BCUT2D eigenvalue weighted by Gasteiger charge is -2.17. The molecule has 1 heterocycles. The third-order valence-electron chi connectivity index (χ3n) is 3.66. The Labute approximate surface area is 137 Å². The monoisotopic (exact) mass is 330 g/mol. The number of carbonyl (C=O) groups excluding carboxylic acids is 1. The molecule has 0 fully saturated rings. The molecule has 1 aromatic carbocycles. The number of ether oxygens (including phenoxy) is 1. The highest BCUT2D eigenvalue weighted by molar-refractivity contribution is 6.03. The molecule has 6 nitrogen and oxygen atoms in total. The van der Waals surface area contributed by atoms with Crippen molar-refractivity contribution < 1.29 is 19.0 Å². The highest BCUT2D eigenvalue weighted by atomic mass is 19.1. The van der Waals surface area contributed by atoms with Crippen LogP contribution in [0.2, 0.25) is 0 Å². The average Bonchev–Trinajstić information content (AvgIpc) is 2.55. The van der Waals surface area contributed by atoms with Crippen LogP contribution in [0.3, 0.4) is 0 Å². The van der Waals surface area contributed by atoms with Crippen LogP contribution in [0.5, 0.6) is 11.6 Å². The van der Waals surface area contributed by atoms with Gasteiger partial charge in [0, 0.05) is 7.05 Å². The first-order valence-electron chi connectivity index (χ1n) is 7.07. The maximum Gasteiger partial charge on any atom is 0.271 e. The quantitative estimate of drug-likeness (QED) is 0.866. The lowest BCUT2D eigenvalue weighted by molar-refractivity contribution is 0.0812. The predicted molar refractivity (Wildman–Crippen MR) is 83.6 cm³/mol. The number of hydrogen-bond donors (Lipinski definition) is 1. The fourth-order valence-electron chi connectivity index (χ4n) is 2.29. The molecule has 2 aromatic rings. The molecule has 1 unspecified atom stereocenters. The Morgan fingerprint density at radius 1 is 1.38 bits per heavy atom. The molecule has 2 rings (SSSR count). The largest absolute Gasteiger partial charge is 0.494 e. The number of carbonyl (C=O) groups is 1. The summed E-state index contributed by atoms with van der Waals surface area (Å²) in [5.74, 6) is -1.29. The van der Waals surface area contributed by atoms with Gasteiger partial charge >= 0.3 is 0 Å². The predicted octanol–water partition coefficient (Wildman–Crippen LogP) is 2.06. The third-order valence-corrected chi connectivity index (χ3v) is 3.66. The van der Waals surface area contributed by atoms with Gasteiger partial charge in [-0.3, -0.25) is 14.2 Å². The van der Waals surface area contributed by atoms with E-state index in [0.29, 0.717) is 0 Å². The van der Waals surface area contributed by atoms with E-state index in [1.54, 1.807) is 6.07 Å². The van der Waals surface area contributed by atoms with E-state index in [9.17, 15) is 19.1 Å². The number of nitrogens with zero attached hydrogens (tertiary/aromatic N) is 2. The summed E-state index contributed by atoms with van der Waals surface area (Å²) in [4.78, 5) is 24.5. The fourth-order valence-corrected chi connectivity index (χ4v) is 2.29. The third kappa shape index (κ3) is 2.99. The summed E-state index contributed by atoms with van der Waals surface area (Å²) in [6.07, 6.45) is -1.01. The molecule has 0 aliphatic heterocycles. The molecule has 0 radical (unpaired) electrons. The second-order valence-electron chi connectivity index (χ2n) is 5.25. The number of halogens is 1. The van der Waals surface area contributed by atoms with Crippen LogP contribution in [-0.2, 0) is 7.05 Å². The van der Waals surface area contributed by atoms with Crippen LogP contribution < -0.4 is 10.3 Å². The summed E-state index contributed by atoms with van der Waals surface area (Å²) in [7, 11) is 1.26. The van der Waals surface area contributed by atoms with Gasteiger partial charge < -0.3 is 9.84 Å². The van der Waals surface area contributed by atoms with Crippen molar-refractivity contribution in [2.75, 3.05) is 0 Å². The second kappa shape index (κ2) is 6.54. The summed E-state index contributed by atoms with van der Waals surface area (Å²) in [6.45, 7) is 2.87. The topological polar surface area (TPSA) is 92.3 Å². The summed E-state index contributed by atoms with van der Waals surface area (Å²) in [6, 6.07) is 6.86. The van der Waals surface area contributed by atoms with E-state index in [0.717, 1.165) is 4.57 Å². The van der Waals surface area contributed by atoms with Gasteiger partial charge in [-0.05, 0) is 43.7 Å². The van der Waals surface area contributed by atoms with Crippen molar-refractivity contribution in [3.8, 4) is 17.7 Å². The normalized spacial score (nSPS) is 11.6. The Bertz CT molecular complexity index is 895. The van der Waals surface area contributed by atoms with E-state index in [1.807, 2.05) is 0 Å². The number of nitriles is 1.